The van der Waals surface area contributed by atoms with Crippen LogP contribution in [0, 0.1) is 0 Å². The maximum Gasteiger partial charge on any atom is 0.0417 e. The third-order valence-electron chi connectivity index (χ3n) is 2.84. The zero-order valence-electron chi connectivity index (χ0n) is 11.4. The van der Waals surface area contributed by atoms with Gasteiger partial charge < -0.3 is 5.32 Å². The molecule has 0 radical (unpaired) electrons. The lowest BCUT2D eigenvalue weighted by Crippen LogP contribution is -2.26. The van der Waals surface area contributed by atoms with E-state index in [9.17, 15) is 0 Å². The Morgan fingerprint density at radius 2 is 2.17 bits per heavy atom. The minimum Gasteiger partial charge on any atom is -0.314 e. The Balaban J connectivity index is 2.05. The van der Waals surface area contributed by atoms with E-state index in [1.54, 1.807) is 0 Å². The van der Waals surface area contributed by atoms with E-state index in [-0.39, 0.29) is 0 Å². The third kappa shape index (κ3) is 7.30. The maximum absolute atomic E-state index is 5.95. The second kappa shape index (κ2) is 9.71. The van der Waals surface area contributed by atoms with Gasteiger partial charge in [-0.15, -0.1) is 11.8 Å². The predicted octanol–water partition coefficient (Wildman–Crippen LogP) is 4.99. The molecule has 0 spiro atoms. The summed E-state index contributed by atoms with van der Waals surface area (Å²) in [4.78, 5) is 1.28. The molecule has 102 valence electrons. The average Bonchev–Trinajstić information content (AvgIpc) is 2.36. The maximum atomic E-state index is 5.95. The lowest BCUT2D eigenvalue weighted by Gasteiger charge is -2.12. The number of benzene rings is 1. The molecule has 0 aliphatic carbocycles. The molecule has 0 aliphatic heterocycles. The van der Waals surface area contributed by atoms with Crippen molar-refractivity contribution in [3.63, 3.8) is 0 Å². The van der Waals surface area contributed by atoms with Crippen LogP contribution in [0.3, 0.4) is 0 Å². The van der Waals surface area contributed by atoms with Gasteiger partial charge in [-0.2, -0.15) is 0 Å². The molecule has 1 nitrogen and oxygen atoms in total. The fraction of sp³-hybridized carbons (Fsp3) is 0.600. The molecule has 3 heteroatoms. The number of hydrogen-bond donors (Lipinski definition) is 1. The van der Waals surface area contributed by atoms with Gasteiger partial charge in [-0.3, -0.25) is 0 Å². The van der Waals surface area contributed by atoms with Crippen LogP contribution in [0.4, 0.5) is 0 Å². The zero-order valence-corrected chi connectivity index (χ0v) is 13.0. The third-order valence-corrected chi connectivity index (χ3v) is 4.15. The Bertz CT molecular complexity index is 330. The van der Waals surface area contributed by atoms with Crippen molar-refractivity contribution in [1.29, 1.82) is 0 Å². The fourth-order valence-corrected chi connectivity index (χ4v) is 3.02. The first-order chi connectivity index (χ1) is 8.72. The normalized spacial score (nSPS) is 12.6. The molecule has 0 saturated heterocycles. The van der Waals surface area contributed by atoms with Crippen LogP contribution in [0.25, 0.3) is 0 Å². The smallest absolute Gasteiger partial charge is 0.0417 e. The molecule has 0 aliphatic rings. The van der Waals surface area contributed by atoms with Crippen molar-refractivity contribution in [2.75, 3.05) is 12.3 Å². The summed E-state index contributed by atoms with van der Waals surface area (Å²) >= 11 is 7.85. The number of nitrogens with one attached hydrogen (secondary N) is 1. The van der Waals surface area contributed by atoms with Crippen molar-refractivity contribution in [2.45, 2.75) is 50.5 Å². The molecule has 1 N–H and O–H groups in total. The van der Waals surface area contributed by atoms with Crippen molar-refractivity contribution < 1.29 is 0 Å². The van der Waals surface area contributed by atoms with E-state index in [2.05, 4.69) is 25.2 Å². The van der Waals surface area contributed by atoms with Crippen LogP contribution >= 0.6 is 23.4 Å². The molecule has 0 aromatic heterocycles. The van der Waals surface area contributed by atoms with Gasteiger partial charge in [0.2, 0.25) is 0 Å². The Hall–Kier alpha value is -0.180. The summed E-state index contributed by atoms with van der Waals surface area (Å²) in [5, 5.41) is 4.36. The number of unbranched alkanes of at least 4 members (excludes halogenated alkanes) is 1. The van der Waals surface area contributed by atoms with Crippen LogP contribution in [-0.4, -0.2) is 18.3 Å². The molecule has 0 saturated carbocycles. The van der Waals surface area contributed by atoms with Gasteiger partial charge in [-0.25, -0.2) is 0 Å². The quantitative estimate of drug-likeness (QED) is 0.507. The van der Waals surface area contributed by atoms with Gasteiger partial charge >= 0.3 is 0 Å². The van der Waals surface area contributed by atoms with Crippen LogP contribution in [0.1, 0.15) is 39.5 Å². The van der Waals surface area contributed by atoms with E-state index in [0.717, 1.165) is 11.6 Å². The second-order valence-electron chi connectivity index (χ2n) is 4.66. The summed E-state index contributed by atoms with van der Waals surface area (Å²) in [5.41, 5.74) is 0. The van der Waals surface area contributed by atoms with Crippen LogP contribution in [0.5, 0.6) is 0 Å². The molecule has 18 heavy (non-hydrogen) atoms. The molecule has 0 bridgehead atoms. The molecule has 1 atom stereocenters. The molecule has 1 aromatic carbocycles. The highest BCUT2D eigenvalue weighted by atomic mass is 35.5. The van der Waals surface area contributed by atoms with Crippen molar-refractivity contribution in [3.8, 4) is 0 Å². The van der Waals surface area contributed by atoms with E-state index >= 15 is 0 Å². The molecule has 0 heterocycles. The summed E-state index contributed by atoms with van der Waals surface area (Å²) < 4.78 is 0. The van der Waals surface area contributed by atoms with Gasteiger partial charge in [-0.05, 0) is 56.7 Å². The van der Waals surface area contributed by atoms with Crippen LogP contribution in [0.15, 0.2) is 29.2 Å². The van der Waals surface area contributed by atoms with E-state index < -0.39 is 0 Å². The van der Waals surface area contributed by atoms with E-state index in [4.69, 9.17) is 11.6 Å². The summed E-state index contributed by atoms with van der Waals surface area (Å²) in [7, 11) is 0. The van der Waals surface area contributed by atoms with Gasteiger partial charge in [0.25, 0.3) is 0 Å². The first kappa shape index (κ1) is 15.9. The van der Waals surface area contributed by atoms with Gasteiger partial charge in [0, 0.05) is 16.0 Å². The summed E-state index contributed by atoms with van der Waals surface area (Å²) in [6, 6.07) is 8.76. The SMILES string of the molecule is CCCNC(C)CCCCSc1cccc(Cl)c1. The zero-order chi connectivity index (χ0) is 13.2. The number of rotatable bonds is 9. The molecule has 0 fully saturated rings. The van der Waals surface area contributed by atoms with Gasteiger partial charge in [0.1, 0.15) is 0 Å². The lowest BCUT2D eigenvalue weighted by atomic mass is 10.1. The minimum absolute atomic E-state index is 0.654. The van der Waals surface area contributed by atoms with Crippen LogP contribution < -0.4 is 5.32 Å². The Labute approximate surface area is 121 Å². The van der Waals surface area contributed by atoms with Crippen molar-refractivity contribution in [2.24, 2.45) is 0 Å². The van der Waals surface area contributed by atoms with E-state index in [1.165, 1.54) is 36.3 Å². The minimum atomic E-state index is 0.654. The summed E-state index contributed by atoms with van der Waals surface area (Å²) in [6.45, 7) is 5.62. The summed E-state index contributed by atoms with van der Waals surface area (Å²) in [5.74, 6) is 1.18. The highest BCUT2D eigenvalue weighted by Crippen LogP contribution is 2.22. The van der Waals surface area contributed by atoms with Gasteiger partial charge in [0.15, 0.2) is 0 Å². The molecule has 1 aromatic rings. The number of hydrogen-bond acceptors (Lipinski definition) is 2. The predicted molar refractivity (Wildman–Crippen MR) is 83.8 cm³/mol. The van der Waals surface area contributed by atoms with E-state index in [0.29, 0.717) is 6.04 Å². The van der Waals surface area contributed by atoms with Crippen LogP contribution in [0.2, 0.25) is 5.02 Å². The van der Waals surface area contributed by atoms with Gasteiger partial charge in [-0.1, -0.05) is 31.0 Å². The largest absolute Gasteiger partial charge is 0.314 e. The van der Waals surface area contributed by atoms with Crippen molar-refractivity contribution in [3.05, 3.63) is 29.3 Å². The fourth-order valence-electron chi connectivity index (χ4n) is 1.79. The molecule has 0 amide bonds. The Morgan fingerprint density at radius 3 is 2.89 bits per heavy atom. The number of thioether (sulfide) groups is 1. The monoisotopic (exact) mass is 285 g/mol. The first-order valence-electron chi connectivity index (χ1n) is 6.84. The Kier molecular flexibility index (Phi) is 8.57. The second-order valence-corrected chi connectivity index (χ2v) is 6.26. The van der Waals surface area contributed by atoms with Crippen LogP contribution in [-0.2, 0) is 0 Å². The molecular weight excluding hydrogens is 262 g/mol. The Morgan fingerprint density at radius 1 is 1.33 bits per heavy atom. The molecular formula is C15H24ClNS. The lowest BCUT2D eigenvalue weighted by molar-refractivity contribution is 0.496. The highest BCUT2D eigenvalue weighted by molar-refractivity contribution is 7.99. The number of halogens is 1. The topological polar surface area (TPSA) is 12.0 Å². The molecule has 1 unspecified atom stereocenters. The van der Waals surface area contributed by atoms with E-state index in [1.807, 2.05) is 30.0 Å². The standard InChI is InChI=1S/C15H24ClNS/c1-3-10-17-13(2)7-4-5-11-18-15-9-6-8-14(16)12-15/h6,8-9,12-13,17H,3-5,7,10-11H2,1-2H3. The van der Waals surface area contributed by atoms with Crippen molar-refractivity contribution in [1.82, 2.24) is 5.32 Å². The molecule has 1 rings (SSSR count). The summed E-state index contributed by atoms with van der Waals surface area (Å²) in [6.07, 6.45) is 5.06. The highest BCUT2D eigenvalue weighted by Gasteiger charge is 2.00. The van der Waals surface area contributed by atoms with Crippen molar-refractivity contribution >= 4 is 23.4 Å². The van der Waals surface area contributed by atoms with Gasteiger partial charge in [0.05, 0.1) is 0 Å². The first-order valence-corrected chi connectivity index (χ1v) is 8.20. The average molecular weight is 286 g/mol.